The Morgan fingerprint density at radius 3 is 2.40 bits per heavy atom. The number of hydrogen-bond acceptors (Lipinski definition) is 5. The molecular formula is C13H19NO5S. The van der Waals surface area contributed by atoms with Gasteiger partial charge in [-0.05, 0) is 37.6 Å². The van der Waals surface area contributed by atoms with Gasteiger partial charge in [0.15, 0.2) is 6.61 Å². The van der Waals surface area contributed by atoms with E-state index in [9.17, 15) is 13.2 Å². The number of rotatable bonds is 7. The highest BCUT2D eigenvalue weighted by Crippen LogP contribution is 2.16. The maximum absolute atomic E-state index is 12.0. The smallest absolute Gasteiger partial charge is 0.343 e. The fourth-order valence-corrected chi connectivity index (χ4v) is 2.66. The summed E-state index contributed by atoms with van der Waals surface area (Å²) < 4.78 is 36.1. The Morgan fingerprint density at radius 2 is 1.90 bits per heavy atom. The normalized spacial score (nSPS) is 12.8. The lowest BCUT2D eigenvalue weighted by atomic mass is 10.3. The molecule has 1 atom stereocenters. The minimum absolute atomic E-state index is 0.129. The van der Waals surface area contributed by atoms with Crippen LogP contribution in [0.25, 0.3) is 0 Å². The first-order chi connectivity index (χ1) is 9.39. The number of esters is 1. The van der Waals surface area contributed by atoms with Gasteiger partial charge in [-0.3, -0.25) is 0 Å². The van der Waals surface area contributed by atoms with E-state index in [-0.39, 0.29) is 17.5 Å². The average molecular weight is 301 g/mol. The topological polar surface area (TPSA) is 81.7 Å². The van der Waals surface area contributed by atoms with Crippen LogP contribution >= 0.6 is 0 Å². The largest absolute Gasteiger partial charge is 0.482 e. The molecule has 0 saturated carbocycles. The van der Waals surface area contributed by atoms with Gasteiger partial charge >= 0.3 is 5.97 Å². The van der Waals surface area contributed by atoms with Crippen LogP contribution in [0.2, 0.25) is 0 Å². The van der Waals surface area contributed by atoms with Crippen molar-refractivity contribution in [2.45, 2.75) is 31.2 Å². The van der Waals surface area contributed by atoms with Crippen LogP contribution in [0.15, 0.2) is 29.2 Å². The van der Waals surface area contributed by atoms with Crippen molar-refractivity contribution in [3.63, 3.8) is 0 Å². The molecule has 0 saturated heterocycles. The SMILES string of the molecule is CC[C@H](C)NS(=O)(=O)c1ccc(OCC(=O)OC)cc1. The summed E-state index contributed by atoms with van der Waals surface area (Å²) in [7, 11) is -2.26. The molecule has 0 spiro atoms. The van der Waals surface area contributed by atoms with Crippen LogP contribution < -0.4 is 9.46 Å². The van der Waals surface area contributed by atoms with Gasteiger partial charge in [-0.25, -0.2) is 17.9 Å². The lowest BCUT2D eigenvalue weighted by molar-refractivity contribution is -0.142. The van der Waals surface area contributed by atoms with Crippen molar-refractivity contribution in [3.05, 3.63) is 24.3 Å². The first-order valence-electron chi connectivity index (χ1n) is 6.21. The van der Waals surface area contributed by atoms with E-state index in [0.717, 1.165) is 0 Å². The Bertz CT molecular complexity index is 538. The molecule has 1 rings (SSSR count). The first-order valence-corrected chi connectivity index (χ1v) is 7.69. The molecular weight excluding hydrogens is 282 g/mol. The maximum Gasteiger partial charge on any atom is 0.343 e. The molecule has 0 unspecified atom stereocenters. The Hall–Kier alpha value is -1.60. The fourth-order valence-electron chi connectivity index (χ4n) is 1.33. The van der Waals surface area contributed by atoms with Crippen molar-refractivity contribution < 1.29 is 22.7 Å². The second-order valence-electron chi connectivity index (χ2n) is 4.27. The van der Waals surface area contributed by atoms with E-state index >= 15 is 0 Å². The first kappa shape index (κ1) is 16.5. The third kappa shape index (κ3) is 4.82. The molecule has 0 bridgehead atoms. The minimum atomic E-state index is -3.52. The highest BCUT2D eigenvalue weighted by atomic mass is 32.2. The predicted octanol–water partition coefficient (Wildman–Crippen LogP) is 1.32. The average Bonchev–Trinajstić information content (AvgIpc) is 2.44. The molecule has 0 amide bonds. The van der Waals surface area contributed by atoms with Crippen LogP contribution in [0, 0.1) is 0 Å². The standard InChI is InChI=1S/C13H19NO5S/c1-4-10(2)14-20(16,17)12-7-5-11(6-8-12)19-9-13(15)18-3/h5-8,10,14H,4,9H2,1-3H3/t10-/m0/s1. The molecule has 0 radical (unpaired) electrons. The molecule has 1 aromatic carbocycles. The number of nitrogens with one attached hydrogen (secondary N) is 1. The lowest BCUT2D eigenvalue weighted by Gasteiger charge is -2.12. The molecule has 0 aromatic heterocycles. The summed E-state index contributed by atoms with van der Waals surface area (Å²) in [5.74, 6) is -0.0991. The van der Waals surface area contributed by atoms with Crippen molar-refractivity contribution in [2.24, 2.45) is 0 Å². The van der Waals surface area contributed by atoms with Gasteiger partial charge in [-0.15, -0.1) is 0 Å². The van der Waals surface area contributed by atoms with E-state index in [1.165, 1.54) is 31.4 Å². The number of carbonyl (C=O) groups excluding carboxylic acids is 1. The lowest BCUT2D eigenvalue weighted by Crippen LogP contribution is -2.31. The van der Waals surface area contributed by atoms with E-state index in [0.29, 0.717) is 12.2 Å². The van der Waals surface area contributed by atoms with Crippen molar-refractivity contribution in [1.82, 2.24) is 4.72 Å². The molecule has 7 heteroatoms. The number of benzene rings is 1. The third-order valence-electron chi connectivity index (χ3n) is 2.69. The van der Waals surface area contributed by atoms with Gasteiger partial charge in [0, 0.05) is 6.04 Å². The van der Waals surface area contributed by atoms with Gasteiger partial charge in [-0.1, -0.05) is 6.92 Å². The van der Waals surface area contributed by atoms with Crippen LogP contribution in [-0.4, -0.2) is 34.1 Å². The minimum Gasteiger partial charge on any atom is -0.482 e. The van der Waals surface area contributed by atoms with Gasteiger partial charge in [0.2, 0.25) is 10.0 Å². The molecule has 0 aliphatic rings. The summed E-state index contributed by atoms with van der Waals surface area (Å²) in [4.78, 5) is 11.1. The maximum atomic E-state index is 12.0. The number of carbonyl (C=O) groups is 1. The van der Waals surface area contributed by atoms with E-state index < -0.39 is 16.0 Å². The van der Waals surface area contributed by atoms with Gasteiger partial charge in [-0.2, -0.15) is 0 Å². The molecule has 20 heavy (non-hydrogen) atoms. The second kappa shape index (κ2) is 7.25. The summed E-state index contributed by atoms with van der Waals surface area (Å²) in [6.45, 7) is 3.48. The third-order valence-corrected chi connectivity index (χ3v) is 4.29. The monoisotopic (exact) mass is 301 g/mol. The molecule has 1 N–H and O–H groups in total. The zero-order chi connectivity index (χ0) is 15.2. The summed E-state index contributed by atoms with van der Waals surface area (Å²) in [6, 6.07) is 5.71. The molecule has 0 aliphatic heterocycles. The van der Waals surface area contributed by atoms with Crippen molar-refractivity contribution in [1.29, 1.82) is 0 Å². The van der Waals surface area contributed by atoms with Gasteiger partial charge in [0.05, 0.1) is 12.0 Å². The summed E-state index contributed by atoms with van der Waals surface area (Å²) in [6.07, 6.45) is 0.708. The molecule has 112 valence electrons. The van der Waals surface area contributed by atoms with Crippen molar-refractivity contribution in [3.8, 4) is 5.75 Å². The summed E-state index contributed by atoms with van der Waals surface area (Å²) in [5.41, 5.74) is 0. The van der Waals surface area contributed by atoms with Crippen molar-refractivity contribution in [2.75, 3.05) is 13.7 Å². The molecule has 6 nitrogen and oxygen atoms in total. The predicted molar refractivity (Wildman–Crippen MR) is 74.0 cm³/mol. The fraction of sp³-hybridized carbons (Fsp3) is 0.462. The molecule has 0 heterocycles. The number of hydrogen-bond donors (Lipinski definition) is 1. The number of sulfonamides is 1. The van der Waals surface area contributed by atoms with Crippen LogP contribution in [0.5, 0.6) is 5.75 Å². The van der Waals surface area contributed by atoms with E-state index in [2.05, 4.69) is 9.46 Å². The van der Waals surface area contributed by atoms with Gasteiger partial charge < -0.3 is 9.47 Å². The Kier molecular flexibility index (Phi) is 5.97. The Labute approximate surface area is 119 Å². The van der Waals surface area contributed by atoms with Crippen molar-refractivity contribution >= 4 is 16.0 Å². The van der Waals surface area contributed by atoms with E-state index in [1.54, 1.807) is 6.92 Å². The summed E-state index contributed by atoms with van der Waals surface area (Å²) >= 11 is 0. The van der Waals surface area contributed by atoms with E-state index in [4.69, 9.17) is 4.74 Å². The van der Waals surface area contributed by atoms with Gasteiger partial charge in [0.1, 0.15) is 5.75 Å². The quantitative estimate of drug-likeness (QED) is 0.768. The molecule has 0 aliphatic carbocycles. The van der Waals surface area contributed by atoms with Crippen LogP contribution in [0.3, 0.4) is 0 Å². The molecule has 0 fully saturated rings. The highest BCUT2D eigenvalue weighted by Gasteiger charge is 2.16. The summed E-state index contributed by atoms with van der Waals surface area (Å²) in [5, 5.41) is 0. The van der Waals surface area contributed by atoms with Crippen LogP contribution in [0.4, 0.5) is 0 Å². The number of methoxy groups -OCH3 is 1. The zero-order valence-corrected chi connectivity index (χ0v) is 12.6. The second-order valence-corrected chi connectivity index (χ2v) is 5.98. The number of ether oxygens (including phenoxy) is 2. The Balaban J connectivity index is 2.73. The van der Waals surface area contributed by atoms with E-state index in [1.807, 2.05) is 6.92 Å². The Morgan fingerprint density at radius 1 is 1.30 bits per heavy atom. The molecule has 1 aromatic rings. The van der Waals surface area contributed by atoms with Crippen LogP contribution in [0.1, 0.15) is 20.3 Å². The zero-order valence-electron chi connectivity index (χ0n) is 11.8. The van der Waals surface area contributed by atoms with Gasteiger partial charge in [0.25, 0.3) is 0 Å². The van der Waals surface area contributed by atoms with Crippen LogP contribution in [-0.2, 0) is 19.6 Å². The highest BCUT2D eigenvalue weighted by molar-refractivity contribution is 7.89.